The number of hydrogen-bond acceptors (Lipinski definition) is 5. The summed E-state index contributed by atoms with van der Waals surface area (Å²) in [5.74, 6) is 0. The van der Waals surface area contributed by atoms with Gasteiger partial charge in [0.1, 0.15) is 0 Å². The Balaban J connectivity index is 0.000000200. The van der Waals surface area contributed by atoms with Crippen molar-refractivity contribution in [2.75, 3.05) is 5.73 Å². The summed E-state index contributed by atoms with van der Waals surface area (Å²) in [6.45, 7) is 1.96. The van der Waals surface area contributed by atoms with Crippen LogP contribution in [0.5, 0.6) is 0 Å². The van der Waals surface area contributed by atoms with Gasteiger partial charge in [0.05, 0.1) is 21.6 Å². The number of rotatable bonds is 2. The smallest absolute Gasteiger partial charge is 0.181 e. The number of nitrogens with two attached hydrogens (primary N) is 1. The van der Waals surface area contributed by atoms with E-state index in [4.69, 9.17) is 11.1 Å². The average Bonchev–Trinajstić information content (AvgIpc) is 2.88. The van der Waals surface area contributed by atoms with Gasteiger partial charge in [-0.2, -0.15) is 0 Å². The molecular formula is C15H18N4S. The first kappa shape index (κ1) is 14.1. The maximum Gasteiger partial charge on any atom is 0.181 e. The second-order valence-electron chi connectivity index (χ2n) is 4.07. The maximum atomic E-state index is 7.42. The molecule has 20 heavy (non-hydrogen) atoms. The molecule has 0 spiro atoms. The molecule has 2 aromatic heterocycles. The van der Waals surface area contributed by atoms with E-state index in [9.17, 15) is 0 Å². The minimum absolute atomic E-state index is 0. The van der Waals surface area contributed by atoms with E-state index in [0.29, 0.717) is 10.8 Å². The standard InChI is InChI=1S/C8H10N2.C7H6N2S.H2/c1-2-7(9)8-5-3-4-6-10-8;8-7-9-5-3-1-2-4-6(5)10-7;/h3-6,9H,2H2,1H3;1-4H,(H2,8,9);1H. The molecule has 0 saturated heterocycles. The Morgan fingerprint density at radius 3 is 2.65 bits per heavy atom. The molecule has 0 saturated carbocycles. The Kier molecular flexibility index (Phi) is 4.79. The van der Waals surface area contributed by atoms with Crippen molar-refractivity contribution in [1.82, 2.24) is 9.97 Å². The first-order valence-corrected chi connectivity index (χ1v) is 7.12. The number of nitrogens with zero attached hydrogens (tertiary/aromatic N) is 2. The second-order valence-corrected chi connectivity index (χ2v) is 5.13. The monoisotopic (exact) mass is 286 g/mol. The summed E-state index contributed by atoms with van der Waals surface area (Å²) < 4.78 is 1.15. The zero-order valence-electron chi connectivity index (χ0n) is 11.2. The van der Waals surface area contributed by atoms with Gasteiger partial charge in [-0.25, -0.2) is 4.98 Å². The largest absolute Gasteiger partial charge is 0.375 e. The second kappa shape index (κ2) is 6.77. The third-order valence-corrected chi connectivity index (χ3v) is 3.50. The van der Waals surface area contributed by atoms with Crippen LogP contribution in [-0.2, 0) is 0 Å². The molecule has 0 fully saturated rings. The molecule has 0 unspecified atom stereocenters. The lowest BCUT2D eigenvalue weighted by molar-refractivity contribution is 1.18. The topological polar surface area (TPSA) is 75.7 Å². The van der Waals surface area contributed by atoms with Crippen LogP contribution in [0.15, 0.2) is 48.7 Å². The summed E-state index contributed by atoms with van der Waals surface area (Å²) in [7, 11) is 0. The Morgan fingerprint density at radius 1 is 1.25 bits per heavy atom. The maximum absolute atomic E-state index is 7.42. The van der Waals surface area contributed by atoms with Crippen molar-refractivity contribution in [2.45, 2.75) is 13.3 Å². The van der Waals surface area contributed by atoms with Gasteiger partial charge in [-0.3, -0.25) is 4.98 Å². The van der Waals surface area contributed by atoms with Gasteiger partial charge >= 0.3 is 0 Å². The minimum Gasteiger partial charge on any atom is -0.375 e. The van der Waals surface area contributed by atoms with Crippen molar-refractivity contribution >= 4 is 32.4 Å². The van der Waals surface area contributed by atoms with Gasteiger partial charge in [0.25, 0.3) is 0 Å². The molecule has 0 amide bonds. The molecule has 3 aromatic rings. The van der Waals surface area contributed by atoms with E-state index in [-0.39, 0.29) is 1.43 Å². The van der Waals surface area contributed by atoms with Crippen LogP contribution in [0.2, 0.25) is 0 Å². The van der Waals surface area contributed by atoms with Gasteiger partial charge in [-0.1, -0.05) is 36.5 Å². The van der Waals surface area contributed by atoms with Crippen LogP contribution in [0, 0.1) is 5.41 Å². The van der Waals surface area contributed by atoms with Crippen LogP contribution in [0.1, 0.15) is 20.5 Å². The van der Waals surface area contributed by atoms with Crippen molar-refractivity contribution in [3.05, 3.63) is 54.4 Å². The highest BCUT2D eigenvalue weighted by atomic mass is 32.1. The van der Waals surface area contributed by atoms with Gasteiger partial charge in [0, 0.05) is 7.62 Å². The van der Waals surface area contributed by atoms with Gasteiger partial charge in [-0.15, -0.1) is 0 Å². The number of hydrogen-bond donors (Lipinski definition) is 2. The molecular weight excluding hydrogens is 268 g/mol. The van der Waals surface area contributed by atoms with Gasteiger partial charge < -0.3 is 11.1 Å². The van der Waals surface area contributed by atoms with Crippen molar-refractivity contribution in [3.63, 3.8) is 0 Å². The lowest BCUT2D eigenvalue weighted by Gasteiger charge is -1.96. The van der Waals surface area contributed by atoms with Crippen molar-refractivity contribution in [2.24, 2.45) is 0 Å². The molecule has 5 heteroatoms. The molecule has 0 aliphatic carbocycles. The number of thiazole rings is 1. The molecule has 0 atom stereocenters. The molecule has 0 radical (unpaired) electrons. The highest BCUT2D eigenvalue weighted by molar-refractivity contribution is 7.22. The third kappa shape index (κ3) is 3.61. The zero-order chi connectivity index (χ0) is 14.4. The Hall–Kier alpha value is -2.27. The fourth-order valence-corrected chi connectivity index (χ4v) is 2.35. The molecule has 104 valence electrons. The third-order valence-electron chi connectivity index (χ3n) is 2.64. The predicted octanol–water partition coefficient (Wildman–Crippen LogP) is 3.98. The van der Waals surface area contributed by atoms with Crippen LogP contribution in [0.4, 0.5) is 5.13 Å². The van der Waals surface area contributed by atoms with E-state index in [2.05, 4.69) is 9.97 Å². The summed E-state index contributed by atoms with van der Waals surface area (Å²) in [5.41, 5.74) is 7.87. The van der Waals surface area contributed by atoms with Crippen LogP contribution in [-0.4, -0.2) is 15.7 Å². The highest BCUT2D eigenvalue weighted by Gasteiger charge is 1.96. The normalized spacial score (nSPS) is 9.85. The first-order chi connectivity index (χ1) is 9.70. The van der Waals surface area contributed by atoms with Crippen molar-refractivity contribution in [1.29, 1.82) is 5.41 Å². The van der Waals surface area contributed by atoms with E-state index in [1.807, 2.05) is 49.4 Å². The van der Waals surface area contributed by atoms with Gasteiger partial charge in [0.2, 0.25) is 0 Å². The number of pyridine rings is 1. The first-order valence-electron chi connectivity index (χ1n) is 6.30. The average molecular weight is 286 g/mol. The molecule has 0 aliphatic rings. The fourth-order valence-electron chi connectivity index (χ4n) is 1.61. The number of anilines is 1. The van der Waals surface area contributed by atoms with E-state index < -0.39 is 0 Å². The number of aromatic nitrogens is 2. The summed E-state index contributed by atoms with van der Waals surface area (Å²) in [6, 6.07) is 13.5. The molecule has 3 rings (SSSR count). The molecule has 0 aliphatic heterocycles. The number of nitrogen functional groups attached to an aromatic ring is 1. The molecule has 1 aromatic carbocycles. The SMILES string of the molecule is CCC(=N)c1ccccn1.Nc1nc2ccccc2s1.[HH]. The van der Waals surface area contributed by atoms with Gasteiger partial charge in [0.15, 0.2) is 5.13 Å². The molecule has 2 heterocycles. The quantitative estimate of drug-likeness (QED) is 0.699. The lowest BCUT2D eigenvalue weighted by Crippen LogP contribution is -1.98. The van der Waals surface area contributed by atoms with E-state index in [1.54, 1.807) is 6.20 Å². The van der Waals surface area contributed by atoms with E-state index in [1.165, 1.54) is 11.3 Å². The van der Waals surface area contributed by atoms with Crippen LogP contribution >= 0.6 is 11.3 Å². The highest BCUT2D eigenvalue weighted by Crippen LogP contribution is 2.22. The Labute approximate surface area is 123 Å². The summed E-state index contributed by atoms with van der Waals surface area (Å²) in [4.78, 5) is 8.13. The Bertz CT molecular complexity index is 664. The van der Waals surface area contributed by atoms with Crippen molar-refractivity contribution < 1.29 is 1.43 Å². The number of fused-ring (bicyclic) bond motifs is 1. The zero-order valence-corrected chi connectivity index (χ0v) is 12.0. The predicted molar refractivity (Wildman–Crippen MR) is 87.5 cm³/mol. The van der Waals surface area contributed by atoms with E-state index >= 15 is 0 Å². The molecule has 0 bridgehead atoms. The van der Waals surface area contributed by atoms with Crippen LogP contribution in [0.25, 0.3) is 10.2 Å². The number of nitrogens with one attached hydrogen (secondary N) is 1. The van der Waals surface area contributed by atoms with E-state index in [0.717, 1.165) is 22.3 Å². The lowest BCUT2D eigenvalue weighted by atomic mass is 10.2. The van der Waals surface area contributed by atoms with Gasteiger partial charge in [-0.05, 0) is 30.7 Å². The minimum atomic E-state index is 0. The molecule has 4 nitrogen and oxygen atoms in total. The van der Waals surface area contributed by atoms with Crippen molar-refractivity contribution in [3.8, 4) is 0 Å². The fraction of sp³-hybridized carbons (Fsp3) is 0.133. The summed E-state index contributed by atoms with van der Waals surface area (Å²) in [5, 5.41) is 8.06. The summed E-state index contributed by atoms with van der Waals surface area (Å²) >= 11 is 1.52. The number of benzene rings is 1. The van der Waals surface area contributed by atoms with Crippen LogP contribution < -0.4 is 5.73 Å². The van der Waals surface area contributed by atoms with Crippen LogP contribution in [0.3, 0.4) is 0 Å². The summed E-state index contributed by atoms with van der Waals surface area (Å²) in [6.07, 6.45) is 2.45. The Morgan fingerprint density at radius 2 is 2.00 bits per heavy atom. The number of para-hydroxylation sites is 1. The molecule has 3 N–H and O–H groups in total.